The zero-order valence-corrected chi connectivity index (χ0v) is 17.1. The van der Waals surface area contributed by atoms with E-state index in [0.29, 0.717) is 42.7 Å². The number of methoxy groups -OCH3 is 2. The number of hydrogen-bond donors (Lipinski definition) is 0. The minimum Gasteiger partial charge on any atom is -0.493 e. The minimum absolute atomic E-state index is 0.0568. The first-order chi connectivity index (χ1) is 13.5. The number of benzene rings is 1. The third-order valence-corrected chi connectivity index (χ3v) is 7.07. The number of halogens is 1. The van der Waals surface area contributed by atoms with Gasteiger partial charge in [-0.15, -0.1) is 0 Å². The Balaban J connectivity index is 1.37. The first kappa shape index (κ1) is 19.7. The van der Waals surface area contributed by atoms with Gasteiger partial charge in [-0.3, -0.25) is 4.79 Å². The molecule has 1 saturated heterocycles. The molecule has 1 aromatic carbocycles. The van der Waals surface area contributed by atoms with Gasteiger partial charge in [-0.25, -0.2) is 4.39 Å². The van der Waals surface area contributed by atoms with Gasteiger partial charge < -0.3 is 14.4 Å². The highest BCUT2D eigenvalue weighted by atomic mass is 19.1. The molecule has 3 aliphatic rings. The van der Waals surface area contributed by atoms with Crippen molar-refractivity contribution in [1.29, 1.82) is 0 Å². The molecule has 1 aromatic rings. The smallest absolute Gasteiger partial charge is 0.166 e. The fourth-order valence-corrected chi connectivity index (χ4v) is 5.40. The molecule has 1 aliphatic heterocycles. The molecule has 1 atom stereocenters. The van der Waals surface area contributed by atoms with Crippen LogP contribution in [0.1, 0.15) is 60.9 Å². The Morgan fingerprint density at radius 2 is 1.75 bits per heavy atom. The van der Waals surface area contributed by atoms with Crippen molar-refractivity contribution in [3.05, 3.63) is 23.3 Å². The second-order valence-electron chi connectivity index (χ2n) is 8.94. The maximum atomic E-state index is 15.6. The summed E-state index contributed by atoms with van der Waals surface area (Å²) in [6.45, 7) is 2.77. The van der Waals surface area contributed by atoms with Gasteiger partial charge in [0.25, 0.3) is 0 Å². The van der Waals surface area contributed by atoms with Crippen LogP contribution in [0.15, 0.2) is 12.1 Å². The Kier molecular flexibility index (Phi) is 5.64. The molecule has 0 radical (unpaired) electrons. The summed E-state index contributed by atoms with van der Waals surface area (Å²) < 4.78 is 26.2. The summed E-state index contributed by atoms with van der Waals surface area (Å²) in [5.74, 6) is 1.79. The summed E-state index contributed by atoms with van der Waals surface area (Å²) in [5, 5.41) is 0. The highest BCUT2D eigenvalue weighted by Gasteiger charge is 2.42. The third kappa shape index (κ3) is 3.91. The van der Waals surface area contributed by atoms with Crippen molar-refractivity contribution < 1.29 is 18.7 Å². The van der Waals surface area contributed by atoms with E-state index in [1.54, 1.807) is 20.3 Å². The van der Waals surface area contributed by atoms with E-state index < -0.39 is 5.67 Å². The molecule has 28 heavy (non-hydrogen) atoms. The Morgan fingerprint density at radius 3 is 2.39 bits per heavy atom. The lowest BCUT2D eigenvalue weighted by molar-refractivity contribution is 0.0315. The molecule has 0 aromatic heterocycles. The van der Waals surface area contributed by atoms with Gasteiger partial charge in [0, 0.05) is 31.1 Å². The lowest BCUT2D eigenvalue weighted by atomic mass is 9.82. The van der Waals surface area contributed by atoms with E-state index in [9.17, 15) is 4.79 Å². The quantitative estimate of drug-likeness (QED) is 0.721. The number of Topliss-reactive ketones (excluding diaryl/α,β-unsaturated/α-hetero) is 1. The van der Waals surface area contributed by atoms with Crippen LogP contribution >= 0.6 is 0 Å². The van der Waals surface area contributed by atoms with Gasteiger partial charge in [0.15, 0.2) is 17.3 Å². The third-order valence-electron chi connectivity index (χ3n) is 7.07. The van der Waals surface area contributed by atoms with Gasteiger partial charge in [-0.2, -0.15) is 0 Å². The average molecular weight is 390 g/mol. The van der Waals surface area contributed by atoms with Crippen molar-refractivity contribution >= 4 is 5.78 Å². The second-order valence-corrected chi connectivity index (χ2v) is 8.94. The number of carbonyl (C=O) groups excluding carboxylic acids is 1. The van der Waals surface area contributed by atoms with Crippen molar-refractivity contribution in [2.45, 2.75) is 57.0 Å². The van der Waals surface area contributed by atoms with Crippen molar-refractivity contribution in [2.24, 2.45) is 11.8 Å². The van der Waals surface area contributed by atoms with E-state index >= 15 is 4.39 Å². The molecule has 5 heteroatoms. The zero-order valence-electron chi connectivity index (χ0n) is 17.1. The molecule has 1 unspecified atom stereocenters. The molecular formula is C23H32FNO3. The summed E-state index contributed by atoms with van der Waals surface area (Å²) in [6, 6.07) is 3.63. The van der Waals surface area contributed by atoms with Gasteiger partial charge in [-0.05, 0) is 62.1 Å². The first-order valence-corrected chi connectivity index (χ1v) is 10.7. The molecule has 0 spiro atoms. The lowest BCUT2D eigenvalue weighted by Gasteiger charge is -2.38. The maximum Gasteiger partial charge on any atom is 0.166 e. The van der Waals surface area contributed by atoms with Gasteiger partial charge in [-0.1, -0.05) is 12.8 Å². The number of carbonyl (C=O) groups is 1. The standard InChI is InChI=1S/C23H32FNO3/c1-27-20-12-17-11-18(22(26)19(17)13-21(20)28-2)14-23(24)7-9-25(10-8-23)15-16-5-3-4-6-16/h12-13,16,18H,3-11,14-15H2,1-2H3. The van der Waals surface area contributed by atoms with E-state index in [1.807, 2.05) is 6.07 Å². The number of ether oxygens (including phenoxy) is 2. The molecule has 0 N–H and O–H groups in total. The minimum atomic E-state index is -1.22. The van der Waals surface area contributed by atoms with Crippen LogP contribution in [0.3, 0.4) is 0 Å². The lowest BCUT2D eigenvalue weighted by Crippen LogP contribution is -2.44. The summed E-state index contributed by atoms with van der Waals surface area (Å²) in [6.07, 6.45) is 7.41. The number of ketones is 1. The Hall–Kier alpha value is -1.62. The number of alkyl halides is 1. The van der Waals surface area contributed by atoms with Crippen LogP contribution in [0.5, 0.6) is 11.5 Å². The molecule has 154 valence electrons. The molecule has 0 amide bonds. The SMILES string of the molecule is COc1cc2c(cc1OC)C(=O)C(CC1(F)CCN(CC3CCCC3)CC1)C2. The average Bonchev–Trinajstić information content (AvgIpc) is 3.31. The Bertz CT molecular complexity index is 721. The largest absolute Gasteiger partial charge is 0.493 e. The van der Waals surface area contributed by atoms with Gasteiger partial charge in [0.1, 0.15) is 5.67 Å². The highest BCUT2D eigenvalue weighted by Crippen LogP contribution is 2.42. The van der Waals surface area contributed by atoms with E-state index in [0.717, 1.165) is 31.1 Å². The molecule has 2 aliphatic carbocycles. The van der Waals surface area contributed by atoms with E-state index in [2.05, 4.69) is 4.90 Å². The van der Waals surface area contributed by atoms with Crippen LogP contribution in [0.25, 0.3) is 0 Å². The number of likely N-dealkylation sites (tertiary alicyclic amines) is 1. The maximum absolute atomic E-state index is 15.6. The van der Waals surface area contributed by atoms with Crippen molar-refractivity contribution in [2.75, 3.05) is 33.9 Å². The number of piperidine rings is 1. The van der Waals surface area contributed by atoms with Crippen molar-refractivity contribution in [1.82, 2.24) is 4.90 Å². The summed E-state index contributed by atoms with van der Waals surface area (Å²) in [5.41, 5.74) is 0.405. The van der Waals surface area contributed by atoms with E-state index in [4.69, 9.17) is 9.47 Å². The first-order valence-electron chi connectivity index (χ1n) is 10.7. The van der Waals surface area contributed by atoms with Crippen LogP contribution in [-0.4, -0.2) is 50.2 Å². The van der Waals surface area contributed by atoms with E-state index in [-0.39, 0.29) is 11.7 Å². The highest BCUT2D eigenvalue weighted by molar-refractivity contribution is 6.03. The summed E-state index contributed by atoms with van der Waals surface area (Å²) >= 11 is 0. The second kappa shape index (κ2) is 8.02. The van der Waals surface area contributed by atoms with Gasteiger partial charge >= 0.3 is 0 Å². The molecular weight excluding hydrogens is 357 g/mol. The van der Waals surface area contributed by atoms with Gasteiger partial charge in [0.05, 0.1) is 14.2 Å². The molecule has 4 nitrogen and oxygen atoms in total. The van der Waals surface area contributed by atoms with Crippen LogP contribution < -0.4 is 9.47 Å². The fraction of sp³-hybridized carbons (Fsp3) is 0.696. The Labute approximate surface area is 167 Å². The van der Waals surface area contributed by atoms with Crippen LogP contribution in [0, 0.1) is 11.8 Å². The molecule has 1 saturated carbocycles. The van der Waals surface area contributed by atoms with Crippen LogP contribution in [-0.2, 0) is 6.42 Å². The van der Waals surface area contributed by atoms with Gasteiger partial charge in [0.2, 0.25) is 0 Å². The van der Waals surface area contributed by atoms with E-state index in [1.165, 1.54) is 25.7 Å². The normalized spacial score (nSPS) is 25.1. The molecule has 4 rings (SSSR count). The topological polar surface area (TPSA) is 38.8 Å². The van der Waals surface area contributed by atoms with Crippen molar-refractivity contribution in [3.8, 4) is 11.5 Å². The monoisotopic (exact) mass is 389 g/mol. The number of hydrogen-bond acceptors (Lipinski definition) is 4. The Morgan fingerprint density at radius 1 is 1.11 bits per heavy atom. The molecule has 0 bridgehead atoms. The van der Waals surface area contributed by atoms with Crippen LogP contribution in [0.2, 0.25) is 0 Å². The zero-order chi connectivity index (χ0) is 19.7. The molecule has 1 heterocycles. The van der Waals surface area contributed by atoms with Crippen LogP contribution in [0.4, 0.5) is 4.39 Å². The number of fused-ring (bicyclic) bond motifs is 1. The fourth-order valence-electron chi connectivity index (χ4n) is 5.40. The number of nitrogens with zero attached hydrogens (tertiary/aromatic N) is 1. The number of rotatable bonds is 6. The predicted octanol–water partition coefficient (Wildman–Crippen LogP) is 4.44. The predicted molar refractivity (Wildman–Crippen MR) is 107 cm³/mol. The molecule has 2 fully saturated rings. The summed E-state index contributed by atoms with van der Waals surface area (Å²) in [7, 11) is 3.16. The summed E-state index contributed by atoms with van der Waals surface area (Å²) in [4.78, 5) is 15.3. The van der Waals surface area contributed by atoms with Crippen molar-refractivity contribution in [3.63, 3.8) is 0 Å².